The summed E-state index contributed by atoms with van der Waals surface area (Å²) >= 11 is 0. The minimum atomic E-state index is 0.164. The molecule has 4 nitrogen and oxygen atoms in total. The van der Waals surface area contributed by atoms with E-state index in [0.29, 0.717) is 13.0 Å². The number of amides is 1. The first-order valence-corrected chi connectivity index (χ1v) is 6.83. The Balaban J connectivity index is 1.88. The number of ether oxygens (including phenoxy) is 1. The molecule has 0 bridgehead atoms. The van der Waals surface area contributed by atoms with E-state index in [0.717, 1.165) is 35.5 Å². The lowest BCUT2D eigenvalue weighted by Gasteiger charge is -2.16. The Bertz CT molecular complexity index is 682. The molecule has 0 N–H and O–H groups in total. The van der Waals surface area contributed by atoms with Crippen LogP contribution in [0.25, 0.3) is 11.1 Å². The summed E-state index contributed by atoms with van der Waals surface area (Å²) in [5, 5.41) is 0. The second-order valence-electron chi connectivity index (χ2n) is 5.12. The van der Waals surface area contributed by atoms with Crippen molar-refractivity contribution in [2.75, 3.05) is 18.1 Å². The SMILES string of the molecule is O=C1CCOc2cc(-c3cccnc3)cc3c2N1CC3. The van der Waals surface area contributed by atoms with Gasteiger partial charge in [-0.1, -0.05) is 6.07 Å². The van der Waals surface area contributed by atoms with Crippen molar-refractivity contribution in [1.82, 2.24) is 4.98 Å². The fourth-order valence-electron chi connectivity index (χ4n) is 2.95. The maximum Gasteiger partial charge on any atom is 0.230 e. The maximum atomic E-state index is 12.0. The van der Waals surface area contributed by atoms with Gasteiger partial charge < -0.3 is 9.64 Å². The molecule has 100 valence electrons. The number of carbonyl (C=O) groups excluding carboxylic acids is 1. The number of benzene rings is 1. The number of pyridine rings is 1. The lowest BCUT2D eigenvalue weighted by molar-refractivity contribution is -0.118. The average Bonchev–Trinajstić information content (AvgIpc) is 2.84. The fraction of sp³-hybridized carbons (Fsp3) is 0.250. The van der Waals surface area contributed by atoms with Crippen LogP contribution < -0.4 is 9.64 Å². The predicted molar refractivity (Wildman–Crippen MR) is 75.8 cm³/mol. The number of rotatable bonds is 1. The molecule has 1 aromatic heterocycles. The molecule has 2 aromatic rings. The van der Waals surface area contributed by atoms with E-state index in [9.17, 15) is 4.79 Å². The molecule has 0 saturated carbocycles. The Morgan fingerprint density at radius 3 is 3.00 bits per heavy atom. The van der Waals surface area contributed by atoms with E-state index in [1.165, 1.54) is 5.56 Å². The van der Waals surface area contributed by atoms with Gasteiger partial charge in [-0.05, 0) is 35.7 Å². The number of anilines is 1. The van der Waals surface area contributed by atoms with E-state index in [1.54, 1.807) is 6.20 Å². The zero-order valence-corrected chi connectivity index (χ0v) is 11.0. The van der Waals surface area contributed by atoms with Gasteiger partial charge in [0.1, 0.15) is 5.75 Å². The molecule has 20 heavy (non-hydrogen) atoms. The highest BCUT2D eigenvalue weighted by atomic mass is 16.5. The highest BCUT2D eigenvalue weighted by Gasteiger charge is 2.31. The zero-order chi connectivity index (χ0) is 13.5. The van der Waals surface area contributed by atoms with Gasteiger partial charge in [-0.25, -0.2) is 0 Å². The number of aromatic nitrogens is 1. The van der Waals surface area contributed by atoms with Crippen molar-refractivity contribution >= 4 is 11.6 Å². The molecular weight excluding hydrogens is 252 g/mol. The number of carbonyl (C=O) groups is 1. The van der Waals surface area contributed by atoms with Crippen LogP contribution in [0, 0.1) is 0 Å². The molecule has 0 unspecified atom stereocenters. The molecule has 1 aromatic carbocycles. The Hall–Kier alpha value is -2.36. The van der Waals surface area contributed by atoms with Crippen LogP contribution in [-0.2, 0) is 11.2 Å². The first-order chi connectivity index (χ1) is 9.83. The van der Waals surface area contributed by atoms with Crippen molar-refractivity contribution in [2.45, 2.75) is 12.8 Å². The van der Waals surface area contributed by atoms with Crippen LogP contribution in [0.5, 0.6) is 5.75 Å². The van der Waals surface area contributed by atoms with E-state index < -0.39 is 0 Å². The van der Waals surface area contributed by atoms with Crippen molar-refractivity contribution in [3.8, 4) is 16.9 Å². The topological polar surface area (TPSA) is 42.4 Å². The Kier molecular flexibility index (Phi) is 2.49. The Morgan fingerprint density at radius 2 is 2.15 bits per heavy atom. The van der Waals surface area contributed by atoms with Gasteiger partial charge >= 0.3 is 0 Å². The van der Waals surface area contributed by atoms with Crippen LogP contribution in [0.15, 0.2) is 36.7 Å². The zero-order valence-electron chi connectivity index (χ0n) is 11.0. The molecule has 4 rings (SSSR count). The van der Waals surface area contributed by atoms with Gasteiger partial charge in [-0.2, -0.15) is 0 Å². The summed E-state index contributed by atoms with van der Waals surface area (Å²) in [5.41, 5.74) is 4.34. The van der Waals surface area contributed by atoms with Crippen LogP contribution in [0.2, 0.25) is 0 Å². The molecular formula is C16H14N2O2. The van der Waals surface area contributed by atoms with Crippen molar-refractivity contribution in [2.24, 2.45) is 0 Å². The van der Waals surface area contributed by atoms with Crippen molar-refractivity contribution in [1.29, 1.82) is 0 Å². The smallest absolute Gasteiger partial charge is 0.230 e. The normalized spacial score (nSPS) is 16.6. The summed E-state index contributed by atoms with van der Waals surface area (Å²) in [6.07, 6.45) is 4.97. The summed E-state index contributed by atoms with van der Waals surface area (Å²) in [5.74, 6) is 0.987. The van der Waals surface area contributed by atoms with Crippen molar-refractivity contribution in [3.63, 3.8) is 0 Å². The summed E-state index contributed by atoms with van der Waals surface area (Å²) in [7, 11) is 0. The van der Waals surface area contributed by atoms with E-state index in [1.807, 2.05) is 29.3 Å². The second kappa shape index (κ2) is 4.34. The first kappa shape index (κ1) is 11.5. The minimum absolute atomic E-state index is 0.164. The number of hydrogen-bond donors (Lipinski definition) is 0. The third kappa shape index (κ3) is 1.68. The minimum Gasteiger partial charge on any atom is -0.491 e. The molecule has 2 aliphatic heterocycles. The standard InChI is InChI=1S/C16H14N2O2/c19-15-4-7-20-14-9-13(12-2-1-5-17-10-12)8-11-3-6-18(15)16(11)14/h1-2,5,8-10H,3-4,6-7H2. The summed E-state index contributed by atoms with van der Waals surface area (Å²) in [6.45, 7) is 1.22. The lowest BCUT2D eigenvalue weighted by atomic mass is 10.0. The van der Waals surface area contributed by atoms with Gasteiger partial charge in [0.2, 0.25) is 5.91 Å². The van der Waals surface area contributed by atoms with Crippen molar-refractivity contribution < 1.29 is 9.53 Å². The predicted octanol–water partition coefficient (Wildman–Crippen LogP) is 2.42. The monoisotopic (exact) mass is 266 g/mol. The van der Waals surface area contributed by atoms with E-state index in [4.69, 9.17) is 4.74 Å². The molecule has 4 heteroatoms. The quantitative estimate of drug-likeness (QED) is 0.796. The Morgan fingerprint density at radius 1 is 1.20 bits per heavy atom. The van der Waals surface area contributed by atoms with Gasteiger partial charge in [0.05, 0.1) is 18.7 Å². The fourth-order valence-corrected chi connectivity index (χ4v) is 2.95. The van der Waals surface area contributed by atoms with Crippen LogP contribution in [0.1, 0.15) is 12.0 Å². The van der Waals surface area contributed by atoms with E-state index in [-0.39, 0.29) is 5.91 Å². The molecule has 0 aliphatic carbocycles. The largest absolute Gasteiger partial charge is 0.491 e. The highest BCUT2D eigenvalue weighted by Crippen LogP contribution is 2.42. The number of hydrogen-bond acceptors (Lipinski definition) is 3. The average molecular weight is 266 g/mol. The van der Waals surface area contributed by atoms with Crippen LogP contribution in [-0.4, -0.2) is 24.0 Å². The van der Waals surface area contributed by atoms with Gasteiger partial charge in [0.25, 0.3) is 0 Å². The molecule has 0 fully saturated rings. The molecule has 0 radical (unpaired) electrons. The molecule has 3 heterocycles. The van der Waals surface area contributed by atoms with Gasteiger partial charge in [-0.15, -0.1) is 0 Å². The first-order valence-electron chi connectivity index (χ1n) is 6.83. The summed E-state index contributed by atoms with van der Waals surface area (Å²) in [6, 6.07) is 8.14. The third-order valence-electron chi connectivity index (χ3n) is 3.90. The van der Waals surface area contributed by atoms with E-state index in [2.05, 4.69) is 11.1 Å². The molecule has 0 atom stereocenters. The highest BCUT2D eigenvalue weighted by molar-refractivity contribution is 5.98. The van der Waals surface area contributed by atoms with Gasteiger partial charge in [0.15, 0.2) is 0 Å². The summed E-state index contributed by atoms with van der Waals surface area (Å²) < 4.78 is 5.79. The lowest BCUT2D eigenvalue weighted by Crippen LogP contribution is -2.28. The molecule has 2 aliphatic rings. The molecule has 0 saturated heterocycles. The van der Waals surface area contributed by atoms with Crippen LogP contribution >= 0.6 is 0 Å². The third-order valence-corrected chi connectivity index (χ3v) is 3.90. The summed E-state index contributed by atoms with van der Waals surface area (Å²) in [4.78, 5) is 18.1. The van der Waals surface area contributed by atoms with Gasteiger partial charge in [-0.3, -0.25) is 9.78 Å². The molecule has 0 spiro atoms. The van der Waals surface area contributed by atoms with E-state index >= 15 is 0 Å². The number of nitrogens with zero attached hydrogens (tertiary/aromatic N) is 2. The van der Waals surface area contributed by atoms with Crippen LogP contribution in [0.4, 0.5) is 5.69 Å². The Labute approximate surface area is 117 Å². The van der Waals surface area contributed by atoms with Gasteiger partial charge in [0, 0.05) is 24.5 Å². The second-order valence-corrected chi connectivity index (χ2v) is 5.12. The van der Waals surface area contributed by atoms with Crippen molar-refractivity contribution in [3.05, 3.63) is 42.2 Å². The molecule has 1 amide bonds. The maximum absolute atomic E-state index is 12.0. The van der Waals surface area contributed by atoms with Crippen LogP contribution in [0.3, 0.4) is 0 Å².